The zero-order chi connectivity index (χ0) is 23.8. The van der Waals surface area contributed by atoms with Gasteiger partial charge in [-0.05, 0) is 60.7 Å². The van der Waals surface area contributed by atoms with Crippen LogP contribution in [0.25, 0.3) is 0 Å². The van der Waals surface area contributed by atoms with Crippen LogP contribution in [0, 0.1) is 0 Å². The first-order chi connectivity index (χ1) is 15.2. The van der Waals surface area contributed by atoms with Gasteiger partial charge in [-0.3, -0.25) is 4.79 Å². The normalized spacial score (nSPS) is 13.8. The second kappa shape index (κ2) is 14.5. The van der Waals surface area contributed by atoms with Crippen LogP contribution in [-0.4, -0.2) is 23.8 Å². The van der Waals surface area contributed by atoms with E-state index in [1.165, 1.54) is 0 Å². The van der Waals surface area contributed by atoms with Gasteiger partial charge < -0.3 is 14.2 Å². The molecule has 0 aliphatic heterocycles. The van der Waals surface area contributed by atoms with E-state index in [4.69, 9.17) is 37.4 Å². The van der Waals surface area contributed by atoms with Crippen LogP contribution in [0.5, 0.6) is 17.2 Å². The molecular formula is C25H33Cl2LiO4P+. The summed E-state index contributed by atoms with van der Waals surface area (Å²) < 4.78 is 18.5. The summed E-state index contributed by atoms with van der Waals surface area (Å²) in [5.41, 5.74) is 0.150. The average molecular weight is 506 g/mol. The number of halogens is 2. The number of carbonyl (C=O) groups is 1. The molecular weight excluding hydrogens is 473 g/mol. The minimum atomic E-state index is -0.273. The Morgan fingerprint density at radius 3 is 1.70 bits per heavy atom. The molecule has 176 valence electrons. The largest absolute Gasteiger partial charge is 1.00 e. The molecule has 4 nitrogen and oxygen atoms in total. The molecule has 0 N–H and O–H groups in total. The van der Waals surface area contributed by atoms with Crippen LogP contribution in [-0.2, 0) is 0 Å². The Labute approximate surface area is 222 Å². The molecule has 0 heterocycles. The van der Waals surface area contributed by atoms with Gasteiger partial charge in [0.1, 0.15) is 17.2 Å². The Morgan fingerprint density at radius 2 is 1.27 bits per heavy atom. The summed E-state index contributed by atoms with van der Waals surface area (Å²) in [6, 6.07) is 8.76. The molecule has 0 saturated carbocycles. The zero-order valence-corrected chi connectivity index (χ0v) is 23.1. The minimum Gasteiger partial charge on any atom is -0.490 e. The third kappa shape index (κ3) is 8.68. The van der Waals surface area contributed by atoms with E-state index >= 15 is 0 Å². The summed E-state index contributed by atoms with van der Waals surface area (Å²) >= 11 is 12.6. The van der Waals surface area contributed by atoms with Crippen molar-refractivity contribution in [3.63, 3.8) is 0 Å². The van der Waals surface area contributed by atoms with E-state index in [2.05, 4.69) is 20.8 Å². The molecule has 33 heavy (non-hydrogen) atoms. The maximum atomic E-state index is 13.3. The molecule has 0 aliphatic rings. The summed E-state index contributed by atoms with van der Waals surface area (Å²) in [6.45, 7) is 12.2. The average Bonchev–Trinajstić information content (AvgIpc) is 2.75. The first kappa shape index (κ1) is 30.1. The Kier molecular flexibility index (Phi) is 13.2. The van der Waals surface area contributed by atoms with E-state index in [-0.39, 0.29) is 51.3 Å². The number of hydrogen-bond acceptors (Lipinski definition) is 4. The molecule has 4 atom stereocenters. The maximum Gasteiger partial charge on any atom is 1.00 e. The predicted molar refractivity (Wildman–Crippen MR) is 136 cm³/mol. The number of carbonyl (C=O) groups excluding carboxylic acids is 1. The van der Waals surface area contributed by atoms with Gasteiger partial charge in [-0.1, -0.05) is 50.0 Å². The standard InChI is InChI=1S/C25H33Cl2O4P.Li/c1-7-15(4)29-18-13-21(30-16(5)8-2)24(22(14-18)31-17(6)9-3)32-25(28)23-19(26)11-10-12-20(23)27;/h10-17,32H,7-9H2,1-6H3;/q;+1. The van der Waals surface area contributed by atoms with Gasteiger partial charge in [-0.2, -0.15) is 0 Å². The van der Waals surface area contributed by atoms with Gasteiger partial charge in [0.15, 0.2) is 5.52 Å². The number of hydrogen-bond donors (Lipinski definition) is 0. The molecule has 2 aromatic carbocycles. The number of benzene rings is 2. The van der Waals surface area contributed by atoms with Crippen LogP contribution < -0.4 is 38.4 Å². The second-order valence-corrected chi connectivity index (χ2v) is 9.87. The Bertz CT molecular complexity index is 872. The van der Waals surface area contributed by atoms with E-state index in [9.17, 15) is 4.79 Å². The molecule has 8 heteroatoms. The van der Waals surface area contributed by atoms with E-state index in [0.29, 0.717) is 38.2 Å². The van der Waals surface area contributed by atoms with E-state index in [0.717, 1.165) is 19.3 Å². The number of rotatable bonds is 12. The molecule has 4 unspecified atom stereocenters. The molecule has 0 fully saturated rings. The summed E-state index contributed by atoms with van der Waals surface area (Å²) in [6.07, 6.45) is 2.49. The van der Waals surface area contributed by atoms with Gasteiger partial charge in [0, 0.05) is 12.1 Å². The quantitative estimate of drug-likeness (QED) is 0.310. The smallest absolute Gasteiger partial charge is 0.490 e. The summed E-state index contributed by atoms with van der Waals surface area (Å²) in [5.74, 6) is 1.84. The minimum absolute atomic E-state index is 0. The monoisotopic (exact) mass is 505 g/mol. The summed E-state index contributed by atoms with van der Waals surface area (Å²) in [5, 5.41) is 1.36. The van der Waals surface area contributed by atoms with Crippen molar-refractivity contribution in [3.8, 4) is 17.2 Å². The van der Waals surface area contributed by atoms with Crippen LogP contribution in [0.4, 0.5) is 0 Å². The first-order valence-electron chi connectivity index (χ1n) is 11.1. The van der Waals surface area contributed by atoms with Crippen molar-refractivity contribution in [2.45, 2.75) is 79.1 Å². The molecule has 0 aromatic heterocycles. The Morgan fingerprint density at radius 1 is 0.848 bits per heavy atom. The van der Waals surface area contributed by atoms with Gasteiger partial charge in [-0.25, -0.2) is 0 Å². The van der Waals surface area contributed by atoms with E-state index < -0.39 is 0 Å². The molecule has 0 spiro atoms. The topological polar surface area (TPSA) is 44.8 Å². The van der Waals surface area contributed by atoms with Crippen LogP contribution in [0.15, 0.2) is 30.3 Å². The van der Waals surface area contributed by atoms with Gasteiger partial charge in [0.05, 0.1) is 39.2 Å². The molecule has 0 bridgehead atoms. The molecule has 2 rings (SSSR count). The van der Waals surface area contributed by atoms with Crippen molar-refractivity contribution in [2.75, 3.05) is 0 Å². The van der Waals surface area contributed by atoms with Gasteiger partial charge >= 0.3 is 18.9 Å². The van der Waals surface area contributed by atoms with Crippen LogP contribution in [0.3, 0.4) is 0 Å². The van der Waals surface area contributed by atoms with Crippen molar-refractivity contribution in [1.82, 2.24) is 0 Å². The maximum absolute atomic E-state index is 13.3. The fourth-order valence-electron chi connectivity index (χ4n) is 2.75. The fourth-order valence-corrected chi connectivity index (χ4v) is 4.61. The SMILES string of the molecule is CCC(C)Oc1cc(OC(C)CC)c(PC(=O)c2c(Cl)cccc2Cl)c(OC(C)CC)c1.[Li+]. The summed E-state index contributed by atoms with van der Waals surface area (Å²) in [4.78, 5) is 13.3. The molecule has 2 aromatic rings. The molecule has 0 saturated heterocycles. The van der Waals surface area contributed by atoms with Gasteiger partial charge in [0.25, 0.3) is 0 Å². The van der Waals surface area contributed by atoms with Gasteiger partial charge in [0.2, 0.25) is 0 Å². The van der Waals surface area contributed by atoms with Crippen LogP contribution in [0.1, 0.15) is 71.2 Å². The van der Waals surface area contributed by atoms with Crippen molar-refractivity contribution >= 4 is 42.6 Å². The van der Waals surface area contributed by atoms with E-state index in [1.54, 1.807) is 18.2 Å². The molecule has 0 amide bonds. The Balaban J connectivity index is 0.00000544. The summed E-state index contributed by atoms with van der Waals surface area (Å²) in [7, 11) is -0.273. The third-order valence-corrected chi connectivity index (χ3v) is 7.04. The van der Waals surface area contributed by atoms with Crippen molar-refractivity contribution in [3.05, 3.63) is 45.9 Å². The molecule has 0 radical (unpaired) electrons. The van der Waals surface area contributed by atoms with Crippen LogP contribution >= 0.6 is 31.8 Å². The van der Waals surface area contributed by atoms with Gasteiger partial charge in [-0.15, -0.1) is 0 Å². The van der Waals surface area contributed by atoms with Crippen LogP contribution in [0.2, 0.25) is 10.0 Å². The first-order valence-corrected chi connectivity index (χ1v) is 12.9. The van der Waals surface area contributed by atoms with Crippen molar-refractivity contribution < 1.29 is 37.9 Å². The van der Waals surface area contributed by atoms with Crippen molar-refractivity contribution in [2.24, 2.45) is 0 Å². The Hall–Kier alpha value is -0.883. The van der Waals surface area contributed by atoms with Crippen molar-refractivity contribution in [1.29, 1.82) is 0 Å². The van der Waals surface area contributed by atoms with E-state index in [1.807, 2.05) is 32.9 Å². The molecule has 0 aliphatic carbocycles. The third-order valence-electron chi connectivity index (χ3n) is 5.19. The number of ether oxygens (including phenoxy) is 3. The fraction of sp³-hybridized carbons (Fsp3) is 0.480. The zero-order valence-electron chi connectivity index (χ0n) is 20.6. The second-order valence-electron chi connectivity index (χ2n) is 7.86. The predicted octanol–water partition coefficient (Wildman–Crippen LogP) is 4.67.